The van der Waals surface area contributed by atoms with Gasteiger partial charge in [-0.05, 0) is 37.3 Å². The first-order valence-electron chi connectivity index (χ1n) is 7.76. The van der Waals surface area contributed by atoms with Crippen molar-refractivity contribution in [1.29, 1.82) is 0 Å². The Morgan fingerprint density at radius 2 is 1.85 bits per heavy atom. The molecular weight excluding hydrogens is 338 g/mol. The highest BCUT2D eigenvalue weighted by Crippen LogP contribution is 2.20. The van der Waals surface area contributed by atoms with Gasteiger partial charge >= 0.3 is 0 Å². The van der Waals surface area contributed by atoms with Crippen LogP contribution in [-0.4, -0.2) is 42.3 Å². The van der Waals surface area contributed by atoms with Gasteiger partial charge in [0.15, 0.2) is 0 Å². The van der Waals surface area contributed by atoms with Crippen LogP contribution in [0.5, 0.6) is 5.75 Å². The van der Waals surface area contributed by atoms with Gasteiger partial charge in [-0.2, -0.15) is 0 Å². The molecule has 2 rings (SSSR count). The standard InChI is InChI=1S/C18H19N3O5/c1-12-4-5-13(10-16(12)21(24)25)18(23)20(2)11-17(22)19-14-6-8-15(26-3)9-7-14/h4-10H,11H2,1-3H3,(H,19,22). The monoisotopic (exact) mass is 357 g/mol. The normalized spacial score (nSPS) is 10.1. The number of rotatable bonds is 6. The van der Waals surface area contributed by atoms with Gasteiger partial charge in [0.1, 0.15) is 5.75 Å². The molecule has 0 radical (unpaired) electrons. The van der Waals surface area contributed by atoms with Gasteiger partial charge in [0, 0.05) is 29.9 Å². The average Bonchev–Trinajstić information content (AvgIpc) is 2.61. The predicted octanol–water partition coefficient (Wildman–Crippen LogP) is 2.62. The molecule has 0 fully saturated rings. The Kier molecular flexibility index (Phi) is 5.90. The smallest absolute Gasteiger partial charge is 0.273 e. The number of nitro benzene ring substituents is 1. The summed E-state index contributed by atoms with van der Waals surface area (Å²) in [5, 5.41) is 13.7. The first-order chi connectivity index (χ1) is 12.3. The Hall–Kier alpha value is -3.42. The van der Waals surface area contributed by atoms with Crippen LogP contribution < -0.4 is 10.1 Å². The van der Waals surface area contributed by atoms with E-state index in [4.69, 9.17) is 4.74 Å². The summed E-state index contributed by atoms with van der Waals surface area (Å²) in [4.78, 5) is 36.2. The molecule has 1 N–H and O–H groups in total. The Labute approximate surface area is 150 Å². The van der Waals surface area contributed by atoms with E-state index in [0.717, 1.165) is 0 Å². The second-order valence-corrected chi connectivity index (χ2v) is 5.70. The van der Waals surface area contributed by atoms with Gasteiger partial charge in [0.25, 0.3) is 11.6 Å². The lowest BCUT2D eigenvalue weighted by Crippen LogP contribution is -2.35. The highest BCUT2D eigenvalue weighted by Gasteiger charge is 2.19. The molecule has 0 saturated heterocycles. The Morgan fingerprint density at radius 3 is 2.42 bits per heavy atom. The van der Waals surface area contributed by atoms with Gasteiger partial charge in [0.05, 0.1) is 18.6 Å². The highest BCUT2D eigenvalue weighted by molar-refractivity contribution is 5.99. The predicted molar refractivity (Wildman–Crippen MR) is 96.4 cm³/mol. The van der Waals surface area contributed by atoms with Crippen LogP contribution in [0.4, 0.5) is 11.4 Å². The summed E-state index contributed by atoms with van der Waals surface area (Å²) >= 11 is 0. The van der Waals surface area contributed by atoms with Gasteiger partial charge in [-0.1, -0.05) is 6.07 Å². The number of likely N-dealkylation sites (N-methyl/N-ethyl adjacent to an activating group) is 1. The van der Waals surface area contributed by atoms with E-state index in [2.05, 4.69) is 5.32 Å². The molecule has 0 bridgehead atoms. The van der Waals surface area contributed by atoms with Crippen LogP contribution in [0.15, 0.2) is 42.5 Å². The molecule has 0 aliphatic heterocycles. The first kappa shape index (κ1) is 18.9. The maximum atomic E-state index is 12.4. The molecule has 2 aromatic carbocycles. The van der Waals surface area contributed by atoms with Crippen molar-refractivity contribution in [2.45, 2.75) is 6.92 Å². The minimum Gasteiger partial charge on any atom is -0.497 e. The van der Waals surface area contributed by atoms with Gasteiger partial charge in [0.2, 0.25) is 5.91 Å². The third-order valence-electron chi connectivity index (χ3n) is 3.75. The van der Waals surface area contributed by atoms with Crippen molar-refractivity contribution in [3.05, 3.63) is 63.7 Å². The van der Waals surface area contributed by atoms with Crippen molar-refractivity contribution in [2.75, 3.05) is 26.0 Å². The van der Waals surface area contributed by atoms with E-state index >= 15 is 0 Å². The molecule has 0 unspecified atom stereocenters. The van der Waals surface area contributed by atoms with Crippen LogP contribution in [0.2, 0.25) is 0 Å². The molecule has 0 aliphatic carbocycles. The summed E-state index contributed by atoms with van der Waals surface area (Å²) in [5.74, 6) is -0.193. The van der Waals surface area contributed by atoms with Crippen LogP contribution in [-0.2, 0) is 4.79 Å². The Bertz CT molecular complexity index is 833. The SMILES string of the molecule is COc1ccc(NC(=O)CN(C)C(=O)c2ccc(C)c([N+](=O)[O-])c2)cc1. The minimum absolute atomic E-state index is 0.132. The van der Waals surface area contributed by atoms with Gasteiger partial charge < -0.3 is 15.0 Å². The zero-order valence-corrected chi connectivity index (χ0v) is 14.7. The lowest BCUT2D eigenvalue weighted by atomic mass is 10.1. The fraction of sp³-hybridized carbons (Fsp3) is 0.222. The number of nitrogens with one attached hydrogen (secondary N) is 1. The molecule has 2 aromatic rings. The Balaban J connectivity index is 2.02. The maximum Gasteiger partial charge on any atom is 0.273 e. The molecular formula is C18H19N3O5. The second kappa shape index (κ2) is 8.11. The Morgan fingerprint density at radius 1 is 1.19 bits per heavy atom. The number of nitro groups is 1. The van der Waals surface area contributed by atoms with Crippen molar-refractivity contribution >= 4 is 23.2 Å². The zero-order chi connectivity index (χ0) is 19.3. The first-order valence-corrected chi connectivity index (χ1v) is 7.76. The molecule has 2 amide bonds. The molecule has 136 valence electrons. The van der Waals surface area contributed by atoms with E-state index in [0.29, 0.717) is 17.0 Å². The minimum atomic E-state index is -0.539. The van der Waals surface area contributed by atoms with E-state index in [9.17, 15) is 19.7 Å². The van der Waals surface area contributed by atoms with E-state index in [1.807, 2.05) is 0 Å². The van der Waals surface area contributed by atoms with Crippen molar-refractivity contribution < 1.29 is 19.2 Å². The number of carbonyl (C=O) groups is 2. The molecule has 0 aromatic heterocycles. The van der Waals surface area contributed by atoms with Gasteiger partial charge in [-0.15, -0.1) is 0 Å². The molecule has 26 heavy (non-hydrogen) atoms. The third kappa shape index (κ3) is 4.56. The number of aryl methyl sites for hydroxylation is 1. The molecule has 0 heterocycles. The van der Waals surface area contributed by atoms with E-state index in [-0.39, 0.29) is 23.7 Å². The van der Waals surface area contributed by atoms with Crippen LogP contribution in [0.3, 0.4) is 0 Å². The molecule has 8 nitrogen and oxygen atoms in total. The zero-order valence-electron chi connectivity index (χ0n) is 14.7. The third-order valence-corrected chi connectivity index (χ3v) is 3.75. The van der Waals surface area contributed by atoms with Gasteiger partial charge in [-0.3, -0.25) is 19.7 Å². The van der Waals surface area contributed by atoms with E-state index in [1.165, 1.54) is 30.1 Å². The summed E-state index contributed by atoms with van der Waals surface area (Å²) in [6.45, 7) is 1.41. The molecule has 0 saturated carbocycles. The van der Waals surface area contributed by atoms with Crippen molar-refractivity contribution in [3.63, 3.8) is 0 Å². The van der Waals surface area contributed by atoms with Crippen LogP contribution in [0.25, 0.3) is 0 Å². The van der Waals surface area contributed by atoms with E-state index in [1.54, 1.807) is 38.3 Å². The quantitative estimate of drug-likeness (QED) is 0.632. The largest absolute Gasteiger partial charge is 0.497 e. The summed E-state index contributed by atoms with van der Waals surface area (Å²) < 4.78 is 5.04. The molecule has 0 atom stereocenters. The van der Waals surface area contributed by atoms with Crippen LogP contribution >= 0.6 is 0 Å². The summed E-state index contributed by atoms with van der Waals surface area (Å²) in [6, 6.07) is 11.0. The summed E-state index contributed by atoms with van der Waals surface area (Å²) in [6.07, 6.45) is 0. The van der Waals surface area contributed by atoms with Crippen LogP contribution in [0.1, 0.15) is 15.9 Å². The van der Waals surface area contributed by atoms with Crippen LogP contribution in [0, 0.1) is 17.0 Å². The molecule has 0 aliphatic rings. The lowest BCUT2D eigenvalue weighted by molar-refractivity contribution is -0.385. The second-order valence-electron chi connectivity index (χ2n) is 5.70. The molecule has 0 spiro atoms. The average molecular weight is 357 g/mol. The topological polar surface area (TPSA) is 102 Å². The van der Waals surface area contributed by atoms with Crippen molar-refractivity contribution in [3.8, 4) is 5.75 Å². The van der Waals surface area contributed by atoms with Crippen molar-refractivity contribution in [1.82, 2.24) is 4.90 Å². The number of anilines is 1. The summed E-state index contributed by atoms with van der Waals surface area (Å²) in [7, 11) is 3.01. The number of ether oxygens (including phenoxy) is 1. The highest BCUT2D eigenvalue weighted by atomic mass is 16.6. The van der Waals surface area contributed by atoms with Gasteiger partial charge in [-0.25, -0.2) is 0 Å². The number of amides is 2. The fourth-order valence-electron chi connectivity index (χ4n) is 2.32. The number of methoxy groups -OCH3 is 1. The number of carbonyl (C=O) groups excluding carboxylic acids is 2. The number of benzene rings is 2. The number of hydrogen-bond acceptors (Lipinski definition) is 5. The van der Waals surface area contributed by atoms with Crippen molar-refractivity contribution in [2.24, 2.45) is 0 Å². The molecule has 8 heteroatoms. The summed E-state index contributed by atoms with van der Waals surface area (Å²) in [5.41, 5.74) is 1.06. The fourth-order valence-corrected chi connectivity index (χ4v) is 2.32. The number of nitrogens with zero attached hydrogens (tertiary/aromatic N) is 2. The lowest BCUT2D eigenvalue weighted by Gasteiger charge is -2.17. The number of hydrogen-bond donors (Lipinski definition) is 1. The van der Waals surface area contributed by atoms with E-state index < -0.39 is 10.8 Å². The maximum absolute atomic E-state index is 12.4.